The van der Waals surface area contributed by atoms with Gasteiger partial charge in [-0.2, -0.15) is 0 Å². The van der Waals surface area contributed by atoms with Crippen LogP contribution in [0.2, 0.25) is 0 Å². The first-order chi connectivity index (χ1) is 10.9. The van der Waals surface area contributed by atoms with Gasteiger partial charge in [0.05, 0.1) is 25.4 Å². The molecule has 4 nitrogen and oxygen atoms in total. The van der Waals surface area contributed by atoms with E-state index < -0.39 is 5.79 Å². The van der Waals surface area contributed by atoms with Crippen LogP contribution in [0.4, 0.5) is 0 Å². The molecule has 3 fully saturated rings. The largest absolute Gasteiger partial charge is 0.370 e. The first-order valence-corrected chi connectivity index (χ1v) is 9.48. The van der Waals surface area contributed by atoms with Crippen LogP contribution in [0.5, 0.6) is 0 Å². The highest BCUT2D eigenvalue weighted by Crippen LogP contribution is 2.65. The summed E-state index contributed by atoms with van der Waals surface area (Å²) in [6.07, 6.45) is -0.102. The Labute approximate surface area is 153 Å². The van der Waals surface area contributed by atoms with Crippen LogP contribution >= 0.6 is 31.9 Å². The summed E-state index contributed by atoms with van der Waals surface area (Å²) in [6, 6.07) is 10.2. The molecule has 0 radical (unpaired) electrons. The number of benzene rings is 1. The molecular weight excluding hydrogens is 428 g/mol. The van der Waals surface area contributed by atoms with E-state index in [1.807, 2.05) is 32.0 Å². The summed E-state index contributed by atoms with van der Waals surface area (Å²) in [5.74, 6) is -0.270. The van der Waals surface area contributed by atoms with Crippen LogP contribution in [-0.4, -0.2) is 40.0 Å². The molecule has 6 heteroatoms. The second-order valence-electron chi connectivity index (χ2n) is 6.85. The predicted octanol–water partition coefficient (Wildman–Crippen LogP) is 3.61. The van der Waals surface area contributed by atoms with E-state index in [2.05, 4.69) is 44.0 Å². The normalized spacial score (nSPS) is 40.1. The number of halogens is 2. The Morgan fingerprint density at radius 1 is 1.22 bits per heavy atom. The minimum absolute atomic E-state index is 0.0264. The van der Waals surface area contributed by atoms with Crippen molar-refractivity contribution in [3.05, 3.63) is 35.9 Å². The Balaban J connectivity index is 1.47. The Kier molecular flexibility index (Phi) is 4.14. The molecule has 4 rings (SSSR count). The van der Waals surface area contributed by atoms with Gasteiger partial charge in [0.1, 0.15) is 15.4 Å². The SMILES string of the molecule is CC1(C)OC[C@H]([C@H]2OC3C([C@H]2OCc2ccccc2)C3(Br)Br)O1. The van der Waals surface area contributed by atoms with Crippen molar-refractivity contribution in [3.63, 3.8) is 0 Å². The maximum atomic E-state index is 6.25. The molecule has 2 unspecified atom stereocenters. The van der Waals surface area contributed by atoms with Gasteiger partial charge in [-0.1, -0.05) is 62.2 Å². The Morgan fingerprint density at radius 3 is 2.61 bits per heavy atom. The lowest BCUT2D eigenvalue weighted by molar-refractivity contribution is -0.167. The van der Waals surface area contributed by atoms with Crippen molar-refractivity contribution in [2.45, 2.75) is 53.9 Å². The third kappa shape index (κ3) is 3.02. The van der Waals surface area contributed by atoms with E-state index in [1.54, 1.807) is 0 Å². The molecule has 1 aromatic rings. The highest BCUT2D eigenvalue weighted by molar-refractivity contribution is 9.25. The van der Waals surface area contributed by atoms with Gasteiger partial charge in [0.25, 0.3) is 0 Å². The van der Waals surface area contributed by atoms with Crippen molar-refractivity contribution in [3.8, 4) is 0 Å². The number of rotatable bonds is 4. The van der Waals surface area contributed by atoms with Crippen molar-refractivity contribution in [1.29, 1.82) is 0 Å². The van der Waals surface area contributed by atoms with Gasteiger partial charge in [0, 0.05) is 5.92 Å². The Bertz CT molecular complexity index is 577. The predicted molar refractivity (Wildman–Crippen MR) is 92.7 cm³/mol. The highest BCUT2D eigenvalue weighted by Gasteiger charge is 2.74. The highest BCUT2D eigenvalue weighted by atomic mass is 79.9. The zero-order chi connectivity index (χ0) is 16.2. The molecule has 126 valence electrons. The fraction of sp³-hybridized carbons (Fsp3) is 0.647. The standard InChI is InChI=1S/C17H20Br2O4/c1-16(2)21-9-11(23-16)13-14(12-15(22-13)17(12,18)19)20-8-10-6-4-3-5-7-10/h3-7,11-15H,8-9H2,1-2H3/t11-,12?,13-,14-,15?/m1/s1. The number of alkyl halides is 2. The molecule has 0 aromatic heterocycles. The topological polar surface area (TPSA) is 36.9 Å². The molecule has 2 heterocycles. The second-order valence-corrected chi connectivity index (χ2v) is 10.5. The summed E-state index contributed by atoms with van der Waals surface area (Å²) in [5.41, 5.74) is 1.16. The molecule has 1 aromatic carbocycles. The van der Waals surface area contributed by atoms with Gasteiger partial charge in [0.15, 0.2) is 5.79 Å². The zero-order valence-corrected chi connectivity index (χ0v) is 16.2. The average molecular weight is 448 g/mol. The summed E-state index contributed by atoms with van der Waals surface area (Å²) < 4.78 is 24.0. The summed E-state index contributed by atoms with van der Waals surface area (Å²) in [4.78, 5) is 0. The van der Waals surface area contributed by atoms with E-state index in [1.165, 1.54) is 0 Å². The maximum Gasteiger partial charge on any atom is 0.163 e. The van der Waals surface area contributed by atoms with Gasteiger partial charge in [0.2, 0.25) is 0 Å². The summed E-state index contributed by atoms with van der Waals surface area (Å²) in [6.45, 7) is 4.98. The van der Waals surface area contributed by atoms with E-state index in [-0.39, 0.29) is 33.6 Å². The Hall–Kier alpha value is 0.0200. The molecule has 0 bridgehead atoms. The molecule has 1 aliphatic carbocycles. The van der Waals surface area contributed by atoms with Gasteiger partial charge in [-0.25, -0.2) is 0 Å². The maximum absolute atomic E-state index is 6.25. The summed E-state index contributed by atoms with van der Waals surface area (Å²) in [5, 5.41) is 0. The molecule has 2 saturated heterocycles. The Morgan fingerprint density at radius 2 is 1.96 bits per heavy atom. The third-order valence-electron chi connectivity index (χ3n) is 4.70. The molecule has 0 spiro atoms. The van der Waals surface area contributed by atoms with Crippen LogP contribution in [0.3, 0.4) is 0 Å². The lowest BCUT2D eigenvalue weighted by atomic mass is 10.1. The average Bonchev–Trinajstić information content (AvgIpc) is 2.86. The van der Waals surface area contributed by atoms with Crippen LogP contribution in [0.25, 0.3) is 0 Å². The molecule has 1 saturated carbocycles. The molecule has 5 atom stereocenters. The van der Waals surface area contributed by atoms with Crippen molar-refractivity contribution >= 4 is 31.9 Å². The van der Waals surface area contributed by atoms with E-state index in [0.29, 0.717) is 13.2 Å². The molecule has 23 heavy (non-hydrogen) atoms. The molecule has 3 aliphatic rings. The lowest BCUT2D eigenvalue weighted by Crippen LogP contribution is -2.43. The zero-order valence-electron chi connectivity index (χ0n) is 13.1. The van der Waals surface area contributed by atoms with E-state index in [9.17, 15) is 0 Å². The molecule has 0 amide bonds. The van der Waals surface area contributed by atoms with Crippen molar-refractivity contribution in [1.82, 2.24) is 0 Å². The van der Waals surface area contributed by atoms with Crippen molar-refractivity contribution in [2.24, 2.45) is 5.92 Å². The molecule has 0 N–H and O–H groups in total. The van der Waals surface area contributed by atoms with Crippen LogP contribution in [-0.2, 0) is 25.6 Å². The molecule has 2 aliphatic heterocycles. The van der Waals surface area contributed by atoms with Crippen LogP contribution < -0.4 is 0 Å². The second kappa shape index (κ2) is 5.78. The first kappa shape index (κ1) is 16.5. The monoisotopic (exact) mass is 446 g/mol. The third-order valence-corrected chi connectivity index (χ3v) is 6.66. The number of fused-ring (bicyclic) bond motifs is 1. The van der Waals surface area contributed by atoms with Gasteiger partial charge >= 0.3 is 0 Å². The summed E-state index contributed by atoms with van der Waals surface area (Å²) in [7, 11) is 0. The molecular formula is C17H20Br2O4. The van der Waals surface area contributed by atoms with Gasteiger partial charge in [-0.3, -0.25) is 0 Å². The minimum Gasteiger partial charge on any atom is -0.370 e. The fourth-order valence-corrected chi connectivity index (χ4v) is 5.00. The van der Waals surface area contributed by atoms with Crippen molar-refractivity contribution < 1.29 is 18.9 Å². The van der Waals surface area contributed by atoms with E-state index in [0.717, 1.165) is 5.56 Å². The van der Waals surface area contributed by atoms with E-state index in [4.69, 9.17) is 18.9 Å². The summed E-state index contributed by atoms with van der Waals surface area (Å²) >= 11 is 7.39. The van der Waals surface area contributed by atoms with Gasteiger partial charge in [-0.05, 0) is 19.4 Å². The quantitative estimate of drug-likeness (QED) is 0.660. The van der Waals surface area contributed by atoms with Gasteiger partial charge < -0.3 is 18.9 Å². The fourth-order valence-electron chi connectivity index (χ4n) is 3.48. The number of ether oxygens (including phenoxy) is 4. The van der Waals surface area contributed by atoms with Crippen LogP contribution in [0.15, 0.2) is 30.3 Å². The number of hydrogen-bond acceptors (Lipinski definition) is 4. The lowest BCUT2D eigenvalue weighted by Gasteiger charge is -2.29. The van der Waals surface area contributed by atoms with Crippen molar-refractivity contribution in [2.75, 3.05) is 6.61 Å². The number of hydrogen-bond donors (Lipinski definition) is 0. The first-order valence-electron chi connectivity index (χ1n) is 7.89. The van der Waals surface area contributed by atoms with Crippen LogP contribution in [0.1, 0.15) is 19.4 Å². The van der Waals surface area contributed by atoms with Gasteiger partial charge in [-0.15, -0.1) is 0 Å². The van der Waals surface area contributed by atoms with E-state index >= 15 is 0 Å². The van der Waals surface area contributed by atoms with Crippen LogP contribution in [0, 0.1) is 5.92 Å². The smallest absolute Gasteiger partial charge is 0.163 e. The minimum atomic E-state index is -0.551.